The van der Waals surface area contributed by atoms with Gasteiger partial charge in [0.25, 0.3) is 17.5 Å². The summed E-state index contributed by atoms with van der Waals surface area (Å²) >= 11 is 0. The topological polar surface area (TPSA) is 169 Å². The van der Waals surface area contributed by atoms with Crippen molar-refractivity contribution in [2.45, 2.75) is 45.1 Å². The number of urea groups is 1. The van der Waals surface area contributed by atoms with E-state index in [1.807, 2.05) is 12.1 Å². The quantitative estimate of drug-likeness (QED) is 0.203. The molecule has 0 aliphatic carbocycles. The Morgan fingerprint density at radius 2 is 1.72 bits per heavy atom. The molecule has 12 nitrogen and oxygen atoms in total. The number of likely N-dealkylation sites (tertiary alicyclic amines) is 1. The number of benzene rings is 3. The maximum Gasteiger partial charge on any atom is 0.322 e. The van der Waals surface area contributed by atoms with Crippen LogP contribution < -0.4 is 26.4 Å². The molecule has 1 heterocycles. The van der Waals surface area contributed by atoms with Crippen LogP contribution in [0.15, 0.2) is 60.7 Å². The number of hydrogen-bond donors (Lipinski definition) is 4. The highest BCUT2D eigenvalue weighted by Gasteiger charge is 2.26. The Morgan fingerprint density at radius 1 is 1.00 bits per heavy atom. The SMILES string of the molecule is COc1cc([N+](=O)[O-])ccc1NC(=O)N1CCCC(Nc2cc(NC(=O)c3ccc(C(C)(C)C)cc3)ccc2C(N)=O)C1. The smallest absolute Gasteiger partial charge is 0.322 e. The van der Waals surface area contributed by atoms with Gasteiger partial charge in [-0.05, 0) is 60.2 Å². The van der Waals surface area contributed by atoms with Crippen molar-refractivity contribution in [3.63, 3.8) is 0 Å². The fourth-order valence-electron chi connectivity index (χ4n) is 4.87. The summed E-state index contributed by atoms with van der Waals surface area (Å²) in [5.41, 5.74) is 8.54. The highest BCUT2D eigenvalue weighted by Crippen LogP contribution is 2.30. The fourth-order valence-corrected chi connectivity index (χ4v) is 4.87. The van der Waals surface area contributed by atoms with Crippen molar-refractivity contribution >= 4 is 40.6 Å². The Kier molecular flexibility index (Phi) is 9.18. The Hall–Kier alpha value is -5.13. The number of carbonyl (C=O) groups excluding carboxylic acids is 3. The maximum absolute atomic E-state index is 13.1. The highest BCUT2D eigenvalue weighted by atomic mass is 16.6. The number of nitrogens with zero attached hydrogens (tertiary/aromatic N) is 2. The van der Waals surface area contributed by atoms with E-state index in [4.69, 9.17) is 10.5 Å². The first-order valence-electron chi connectivity index (χ1n) is 13.9. The lowest BCUT2D eigenvalue weighted by Crippen LogP contribution is -2.47. The Labute approximate surface area is 249 Å². The van der Waals surface area contributed by atoms with Crippen molar-refractivity contribution in [2.75, 3.05) is 36.1 Å². The van der Waals surface area contributed by atoms with Crippen LogP contribution >= 0.6 is 0 Å². The van der Waals surface area contributed by atoms with Gasteiger partial charge in [-0.3, -0.25) is 19.7 Å². The van der Waals surface area contributed by atoms with Gasteiger partial charge >= 0.3 is 6.03 Å². The number of nitrogens with one attached hydrogen (secondary N) is 3. The van der Waals surface area contributed by atoms with E-state index >= 15 is 0 Å². The highest BCUT2D eigenvalue weighted by molar-refractivity contribution is 6.05. The number of hydrogen-bond acceptors (Lipinski definition) is 7. The molecular formula is C31H36N6O6. The molecule has 3 aromatic rings. The third-order valence-electron chi connectivity index (χ3n) is 7.26. The summed E-state index contributed by atoms with van der Waals surface area (Å²) in [6.45, 7) is 7.11. The Balaban J connectivity index is 1.45. The maximum atomic E-state index is 13.1. The van der Waals surface area contributed by atoms with E-state index in [1.54, 1.807) is 35.2 Å². The molecule has 43 heavy (non-hydrogen) atoms. The summed E-state index contributed by atoms with van der Waals surface area (Å²) < 4.78 is 5.22. The summed E-state index contributed by atoms with van der Waals surface area (Å²) in [7, 11) is 1.37. The van der Waals surface area contributed by atoms with Gasteiger partial charge in [-0.25, -0.2) is 4.79 Å². The minimum absolute atomic E-state index is 0.0346. The molecule has 12 heteroatoms. The minimum Gasteiger partial charge on any atom is -0.494 e. The van der Waals surface area contributed by atoms with Crippen LogP contribution in [0.4, 0.5) is 27.5 Å². The first kappa shape index (κ1) is 30.8. The number of rotatable bonds is 8. The van der Waals surface area contributed by atoms with Crippen LogP contribution in [0.3, 0.4) is 0 Å². The lowest BCUT2D eigenvalue weighted by atomic mass is 9.87. The van der Waals surface area contributed by atoms with Crippen molar-refractivity contribution in [3.8, 4) is 5.75 Å². The second kappa shape index (κ2) is 12.8. The van der Waals surface area contributed by atoms with Gasteiger partial charge < -0.3 is 31.3 Å². The zero-order valence-corrected chi connectivity index (χ0v) is 24.6. The van der Waals surface area contributed by atoms with Gasteiger partial charge in [0.15, 0.2) is 0 Å². The molecule has 1 saturated heterocycles. The second-order valence-electron chi connectivity index (χ2n) is 11.4. The number of nitro groups is 1. The summed E-state index contributed by atoms with van der Waals surface area (Å²) in [4.78, 5) is 50.4. The number of ether oxygens (including phenoxy) is 1. The predicted molar refractivity (Wildman–Crippen MR) is 165 cm³/mol. The van der Waals surface area contributed by atoms with E-state index in [1.165, 1.54) is 25.3 Å². The minimum atomic E-state index is -0.631. The molecule has 4 amide bonds. The van der Waals surface area contributed by atoms with Crippen LogP contribution in [0.1, 0.15) is 59.9 Å². The first-order valence-corrected chi connectivity index (χ1v) is 13.9. The van der Waals surface area contributed by atoms with E-state index in [2.05, 4.69) is 36.7 Å². The number of nitrogens with two attached hydrogens (primary N) is 1. The third-order valence-corrected chi connectivity index (χ3v) is 7.26. The molecule has 0 spiro atoms. The van der Waals surface area contributed by atoms with E-state index in [-0.39, 0.29) is 34.4 Å². The predicted octanol–water partition coefficient (Wildman–Crippen LogP) is 5.36. The summed E-state index contributed by atoms with van der Waals surface area (Å²) in [5, 5.41) is 20.0. The normalized spacial score (nSPS) is 14.9. The molecular weight excluding hydrogens is 552 g/mol. The molecule has 4 rings (SSSR count). The van der Waals surface area contributed by atoms with Crippen molar-refractivity contribution in [1.29, 1.82) is 0 Å². The lowest BCUT2D eigenvalue weighted by Gasteiger charge is -2.34. The van der Waals surface area contributed by atoms with Gasteiger partial charge in [-0.1, -0.05) is 32.9 Å². The van der Waals surface area contributed by atoms with Crippen LogP contribution in [0, 0.1) is 10.1 Å². The van der Waals surface area contributed by atoms with Crippen LogP contribution in [-0.4, -0.2) is 53.9 Å². The molecule has 1 atom stereocenters. The summed E-state index contributed by atoms with van der Waals surface area (Å²) in [6.07, 6.45) is 1.41. The molecule has 0 saturated carbocycles. The van der Waals surface area contributed by atoms with E-state index < -0.39 is 16.9 Å². The number of anilines is 3. The first-order chi connectivity index (χ1) is 20.3. The van der Waals surface area contributed by atoms with Gasteiger partial charge in [-0.2, -0.15) is 0 Å². The van der Waals surface area contributed by atoms with Gasteiger partial charge in [-0.15, -0.1) is 0 Å². The van der Waals surface area contributed by atoms with Crippen LogP contribution in [-0.2, 0) is 5.41 Å². The zero-order chi connectivity index (χ0) is 31.3. The van der Waals surface area contributed by atoms with Gasteiger partial charge in [0.1, 0.15) is 5.75 Å². The van der Waals surface area contributed by atoms with E-state index in [9.17, 15) is 24.5 Å². The van der Waals surface area contributed by atoms with Crippen molar-refractivity contribution < 1.29 is 24.0 Å². The Morgan fingerprint density at radius 3 is 2.35 bits per heavy atom. The summed E-state index contributed by atoms with van der Waals surface area (Å²) in [5.74, 6) is -0.751. The summed E-state index contributed by atoms with van der Waals surface area (Å²) in [6, 6.07) is 15.6. The standard InChI is InChI=1S/C31H36N6O6/c1-31(2,3)20-9-7-19(8-10-20)29(39)34-21-11-13-24(28(32)38)26(16-21)33-22-6-5-15-36(18-22)30(40)35-25-14-12-23(37(41)42)17-27(25)43-4/h7-14,16-17,22,33H,5-6,15,18H2,1-4H3,(H2,32,38)(H,34,39)(H,35,40). The van der Waals surface area contributed by atoms with Gasteiger partial charge in [0.05, 0.1) is 29.4 Å². The number of piperidine rings is 1. The van der Waals surface area contributed by atoms with Crippen molar-refractivity contribution in [2.24, 2.45) is 5.73 Å². The van der Waals surface area contributed by atoms with Crippen LogP contribution in [0.2, 0.25) is 0 Å². The van der Waals surface area contributed by atoms with Crippen LogP contribution in [0.5, 0.6) is 5.75 Å². The van der Waals surface area contributed by atoms with Crippen molar-refractivity contribution in [1.82, 2.24) is 4.90 Å². The molecule has 226 valence electrons. The molecule has 1 aliphatic rings. The molecule has 1 aliphatic heterocycles. The molecule has 0 aromatic heterocycles. The molecule has 0 bridgehead atoms. The Bertz CT molecular complexity index is 1530. The number of amides is 4. The number of nitro benzene ring substituents is 1. The average Bonchev–Trinajstić information content (AvgIpc) is 2.97. The molecule has 3 aromatic carbocycles. The lowest BCUT2D eigenvalue weighted by molar-refractivity contribution is -0.384. The number of carbonyl (C=O) groups is 3. The molecule has 5 N–H and O–H groups in total. The molecule has 1 unspecified atom stereocenters. The van der Waals surface area contributed by atoms with Gasteiger partial charge in [0.2, 0.25) is 0 Å². The van der Waals surface area contributed by atoms with E-state index in [0.717, 1.165) is 12.0 Å². The fraction of sp³-hybridized carbons (Fsp3) is 0.323. The van der Waals surface area contributed by atoms with Crippen LogP contribution in [0.25, 0.3) is 0 Å². The zero-order valence-electron chi connectivity index (χ0n) is 24.6. The van der Waals surface area contributed by atoms with Gasteiger partial charge in [0, 0.05) is 42.1 Å². The number of non-ortho nitro benzene ring substituents is 1. The monoisotopic (exact) mass is 588 g/mol. The largest absolute Gasteiger partial charge is 0.494 e. The molecule has 0 radical (unpaired) electrons. The van der Waals surface area contributed by atoms with E-state index in [0.29, 0.717) is 42.1 Å². The average molecular weight is 589 g/mol. The molecule has 1 fully saturated rings. The number of primary amides is 1. The number of methoxy groups -OCH3 is 1. The second-order valence-corrected chi connectivity index (χ2v) is 11.4. The van der Waals surface area contributed by atoms with Crippen molar-refractivity contribution in [3.05, 3.63) is 87.5 Å². The third kappa shape index (κ3) is 7.59.